The predicted octanol–water partition coefficient (Wildman–Crippen LogP) is 7.21. The van der Waals surface area contributed by atoms with E-state index in [1.54, 1.807) is 0 Å². The third-order valence-corrected chi connectivity index (χ3v) is 14.3. The van der Waals surface area contributed by atoms with Crippen LogP contribution in [0.5, 0.6) is 0 Å². The highest BCUT2D eigenvalue weighted by Gasteiger charge is 2.56. The van der Waals surface area contributed by atoms with Crippen LogP contribution < -0.4 is 0 Å². The van der Waals surface area contributed by atoms with Crippen LogP contribution in [0.2, 0.25) is 24.7 Å². The van der Waals surface area contributed by atoms with E-state index < -0.39 is 28.7 Å². The number of rotatable bonds is 4. The van der Waals surface area contributed by atoms with Gasteiger partial charge >= 0.3 is 17.1 Å². The lowest BCUT2D eigenvalue weighted by Gasteiger charge is -2.47. The molecule has 2 saturated carbocycles. The van der Waals surface area contributed by atoms with E-state index in [2.05, 4.69) is 48.5 Å². The summed E-state index contributed by atoms with van der Waals surface area (Å²) < 4.78 is 23.9. The lowest BCUT2D eigenvalue weighted by molar-refractivity contribution is -0.523. The molecule has 10 heteroatoms. The Kier molecular flexibility index (Phi) is 8.05. The summed E-state index contributed by atoms with van der Waals surface area (Å²) in [6.45, 7) is 17.8. The molecule has 0 amide bonds. The molecule has 2 aliphatic heterocycles. The van der Waals surface area contributed by atoms with Crippen molar-refractivity contribution in [2.75, 3.05) is 0 Å². The summed E-state index contributed by atoms with van der Waals surface area (Å²) in [5.41, 5.74) is 0.573. The molecule has 2 spiro atoms. The fourth-order valence-corrected chi connectivity index (χ4v) is 11.3. The molecule has 4 aliphatic rings. The zero-order valence-electron chi connectivity index (χ0n) is 23.2. The van der Waals surface area contributed by atoms with Crippen molar-refractivity contribution in [1.82, 2.24) is 0 Å². The molecule has 0 atom stereocenters. The number of hydrogen-bond acceptors (Lipinski definition) is 8. The molecule has 2 heterocycles. The maximum absolute atomic E-state index is 6.04. The molecule has 0 aromatic carbocycles. The van der Waals surface area contributed by atoms with Crippen LogP contribution >= 0.6 is 0 Å². The third kappa shape index (κ3) is 6.40. The van der Waals surface area contributed by atoms with Crippen LogP contribution in [0.25, 0.3) is 0 Å². The highest BCUT2D eigenvalue weighted by atomic mass is 28.4. The molecule has 4 rings (SSSR count). The van der Waals surface area contributed by atoms with Crippen LogP contribution in [0.3, 0.4) is 0 Å². The van der Waals surface area contributed by atoms with Gasteiger partial charge in [0.2, 0.25) is 11.6 Å². The molecule has 0 aromatic heterocycles. The van der Waals surface area contributed by atoms with Crippen molar-refractivity contribution in [2.24, 2.45) is 22.7 Å². The highest BCUT2D eigenvalue weighted by molar-refractivity contribution is 6.72. The predicted molar refractivity (Wildman–Crippen MR) is 134 cm³/mol. The summed E-state index contributed by atoms with van der Waals surface area (Å²) in [6, 6.07) is 1.94. The Morgan fingerprint density at radius 1 is 0.629 bits per heavy atom. The average Bonchev–Trinajstić information content (AvgIpc) is 2.81. The summed E-state index contributed by atoms with van der Waals surface area (Å²) in [4.78, 5) is 23.7. The van der Waals surface area contributed by atoms with Crippen LogP contribution in [0.15, 0.2) is 0 Å². The van der Waals surface area contributed by atoms with Gasteiger partial charge in [-0.25, -0.2) is 37.9 Å². The third-order valence-electron chi connectivity index (χ3n) is 8.87. The molecule has 0 radical (unpaired) electrons. The largest absolute Gasteiger partial charge is 0.409 e. The Bertz CT molecular complexity index is 698. The van der Waals surface area contributed by atoms with Gasteiger partial charge in [-0.05, 0) is 73.0 Å². The fourth-order valence-electron chi connectivity index (χ4n) is 5.75. The van der Waals surface area contributed by atoms with Crippen molar-refractivity contribution < 1.29 is 37.9 Å². The summed E-state index contributed by atoms with van der Waals surface area (Å²) in [7, 11) is -5.42. The minimum absolute atomic E-state index is 0.286. The van der Waals surface area contributed by atoms with Crippen molar-refractivity contribution in [2.45, 2.75) is 136 Å². The first kappa shape index (κ1) is 28.1. The van der Waals surface area contributed by atoms with E-state index in [9.17, 15) is 0 Å². The maximum Gasteiger partial charge on any atom is 0.409 e. The standard InChI is InChI=1S/C25H48O8Si2/c1-9-35(32-28-25(29-33-35)16-12-21(13-17-25)23(5,6)7)19-18-34(8)30-26-24(27-31-34)14-10-20(11-15-24)22(2,3)4/h20-21H,9-19H2,1-8H3. The second kappa shape index (κ2) is 10.0. The van der Waals surface area contributed by atoms with E-state index in [0.29, 0.717) is 30.0 Å². The minimum atomic E-state index is -2.71. The van der Waals surface area contributed by atoms with Gasteiger partial charge in [-0.15, -0.1) is 0 Å². The maximum atomic E-state index is 6.04. The van der Waals surface area contributed by atoms with Gasteiger partial charge in [-0.1, -0.05) is 48.5 Å². The van der Waals surface area contributed by atoms with Crippen LogP contribution in [0.1, 0.15) is 99.8 Å². The molecule has 0 bridgehead atoms. The zero-order valence-corrected chi connectivity index (χ0v) is 25.2. The van der Waals surface area contributed by atoms with E-state index in [0.717, 1.165) is 51.4 Å². The lowest BCUT2D eigenvalue weighted by Crippen LogP contribution is -2.57. The van der Waals surface area contributed by atoms with Gasteiger partial charge < -0.3 is 0 Å². The van der Waals surface area contributed by atoms with Gasteiger partial charge in [0.1, 0.15) is 0 Å². The van der Waals surface area contributed by atoms with Crippen LogP contribution in [0.4, 0.5) is 0 Å². The Balaban J connectivity index is 1.25. The Hall–Kier alpha value is 0.114. The van der Waals surface area contributed by atoms with Gasteiger partial charge in [-0.2, -0.15) is 0 Å². The molecule has 0 N–H and O–H groups in total. The summed E-state index contributed by atoms with van der Waals surface area (Å²) in [6.07, 6.45) is 7.26. The van der Waals surface area contributed by atoms with Crippen LogP contribution in [-0.2, 0) is 37.9 Å². The highest BCUT2D eigenvalue weighted by Crippen LogP contribution is 2.48. The molecule has 8 nitrogen and oxygen atoms in total. The zero-order chi connectivity index (χ0) is 25.6. The molecule has 0 unspecified atom stereocenters. The Morgan fingerprint density at radius 3 is 1.34 bits per heavy atom. The molecular weight excluding hydrogens is 484 g/mol. The van der Waals surface area contributed by atoms with Crippen LogP contribution in [-0.4, -0.2) is 28.7 Å². The van der Waals surface area contributed by atoms with E-state index >= 15 is 0 Å². The summed E-state index contributed by atoms with van der Waals surface area (Å²) in [5, 5.41) is 0. The van der Waals surface area contributed by atoms with Gasteiger partial charge in [-0.3, -0.25) is 0 Å². The van der Waals surface area contributed by atoms with Crippen molar-refractivity contribution in [3.8, 4) is 0 Å². The number of hydrogen-bond donors (Lipinski definition) is 0. The summed E-state index contributed by atoms with van der Waals surface area (Å²) in [5.74, 6) is -0.268. The molecular formula is C25H48O8Si2. The minimum Gasteiger partial charge on any atom is -0.246 e. The van der Waals surface area contributed by atoms with Gasteiger partial charge in [0, 0.05) is 25.7 Å². The second-order valence-corrected chi connectivity index (χ2v) is 20.1. The van der Waals surface area contributed by atoms with Crippen LogP contribution in [0, 0.1) is 22.7 Å². The summed E-state index contributed by atoms with van der Waals surface area (Å²) >= 11 is 0. The van der Waals surface area contributed by atoms with E-state index in [4.69, 9.17) is 37.9 Å². The van der Waals surface area contributed by atoms with E-state index in [1.807, 2.05) is 6.55 Å². The fraction of sp³-hybridized carbons (Fsp3) is 1.00. The quantitative estimate of drug-likeness (QED) is 0.278. The smallest absolute Gasteiger partial charge is 0.246 e. The second-order valence-electron chi connectivity index (χ2n) is 13.7. The Morgan fingerprint density at radius 2 is 1.00 bits per heavy atom. The van der Waals surface area contributed by atoms with Crippen molar-refractivity contribution >= 4 is 17.1 Å². The van der Waals surface area contributed by atoms with E-state index in [1.165, 1.54) is 0 Å². The molecule has 35 heavy (non-hydrogen) atoms. The van der Waals surface area contributed by atoms with Gasteiger partial charge in [0.15, 0.2) is 0 Å². The van der Waals surface area contributed by atoms with Crippen molar-refractivity contribution in [1.29, 1.82) is 0 Å². The first-order valence-electron chi connectivity index (χ1n) is 13.7. The molecule has 2 aliphatic carbocycles. The first-order valence-corrected chi connectivity index (χ1v) is 18.4. The lowest BCUT2D eigenvalue weighted by atomic mass is 9.71. The Labute approximate surface area is 213 Å². The topological polar surface area (TPSA) is 73.8 Å². The monoisotopic (exact) mass is 532 g/mol. The first-order chi connectivity index (χ1) is 16.2. The molecule has 0 aromatic rings. The average molecular weight is 533 g/mol. The SMILES string of the molecule is CC[Si]1(CC[Si]2(C)OOC3(CCC(C(C)(C)C)CC3)OO2)OOC2(CCC(C(C)(C)C)CC2)OO1. The molecule has 4 fully saturated rings. The van der Waals surface area contributed by atoms with Gasteiger partial charge in [0.05, 0.1) is 0 Å². The van der Waals surface area contributed by atoms with Crippen molar-refractivity contribution in [3.63, 3.8) is 0 Å². The van der Waals surface area contributed by atoms with Gasteiger partial charge in [0.25, 0.3) is 0 Å². The van der Waals surface area contributed by atoms with E-state index in [-0.39, 0.29) is 10.8 Å². The van der Waals surface area contributed by atoms with Crippen molar-refractivity contribution in [3.05, 3.63) is 0 Å². The molecule has 2 saturated heterocycles. The normalized spacial score (nSPS) is 43.5. The molecule has 204 valence electrons.